The van der Waals surface area contributed by atoms with E-state index in [0.29, 0.717) is 6.61 Å². The Bertz CT molecular complexity index is 602. The second-order valence-corrected chi connectivity index (χ2v) is 14.8. The minimum absolute atomic E-state index is 0.220. The first kappa shape index (κ1) is 17.7. The van der Waals surface area contributed by atoms with E-state index in [1.807, 2.05) is 37.3 Å². The molecule has 0 amide bonds. The average molecular weight is 338 g/mol. The highest BCUT2D eigenvalue weighted by Crippen LogP contribution is 2.67. The van der Waals surface area contributed by atoms with E-state index < -0.39 is 15.7 Å². The van der Waals surface area contributed by atoms with Gasteiger partial charge < -0.3 is 4.52 Å². The lowest BCUT2D eigenvalue weighted by Crippen LogP contribution is -2.34. The average Bonchev–Trinajstić information content (AvgIpc) is 2.41. The van der Waals surface area contributed by atoms with E-state index in [1.165, 1.54) is 0 Å². The quantitative estimate of drug-likeness (QED) is 0.516. The van der Waals surface area contributed by atoms with Gasteiger partial charge in [0.2, 0.25) is 0 Å². The molecule has 2 atom stereocenters. The van der Waals surface area contributed by atoms with Gasteiger partial charge in [0.1, 0.15) is 6.10 Å². The molecule has 1 aromatic rings. The molecule has 0 saturated heterocycles. The first-order chi connectivity index (χ1) is 10.1. The molecular weight excluding hydrogens is 311 g/mol. The van der Waals surface area contributed by atoms with E-state index in [4.69, 9.17) is 9.05 Å². The topological polar surface area (TPSA) is 35.5 Å². The first-order valence-electron chi connectivity index (χ1n) is 7.82. The van der Waals surface area contributed by atoms with Crippen molar-refractivity contribution in [3.63, 3.8) is 0 Å². The third-order valence-corrected chi connectivity index (χ3v) is 10.2. The van der Waals surface area contributed by atoms with Crippen molar-refractivity contribution in [3.8, 4) is 0 Å². The lowest BCUT2D eigenvalue weighted by Gasteiger charge is -2.43. The van der Waals surface area contributed by atoms with Crippen molar-refractivity contribution in [1.29, 1.82) is 0 Å². The van der Waals surface area contributed by atoms with Crippen LogP contribution >= 0.6 is 7.60 Å². The second-order valence-electron chi connectivity index (χ2n) is 7.41. The predicted molar refractivity (Wildman–Crippen MR) is 94.7 cm³/mol. The van der Waals surface area contributed by atoms with Crippen LogP contribution in [0.4, 0.5) is 0 Å². The normalized spacial score (nSPS) is 28.3. The van der Waals surface area contributed by atoms with Crippen LogP contribution in [0.2, 0.25) is 19.6 Å². The van der Waals surface area contributed by atoms with Crippen molar-refractivity contribution in [2.75, 3.05) is 6.61 Å². The summed E-state index contributed by atoms with van der Waals surface area (Å²) in [7, 11) is -5.02. The molecule has 22 heavy (non-hydrogen) atoms. The molecule has 5 heteroatoms. The highest BCUT2D eigenvalue weighted by molar-refractivity contribution is 7.62. The Kier molecular flexibility index (Phi) is 4.89. The van der Waals surface area contributed by atoms with E-state index in [0.717, 1.165) is 10.5 Å². The van der Waals surface area contributed by atoms with Crippen LogP contribution in [0.5, 0.6) is 0 Å². The summed E-state index contributed by atoms with van der Waals surface area (Å²) < 4.78 is 25.2. The summed E-state index contributed by atoms with van der Waals surface area (Å²) in [6.07, 6.45) is 1.91. The molecule has 0 radical (unpaired) electrons. The van der Waals surface area contributed by atoms with Crippen molar-refractivity contribution >= 4 is 15.7 Å². The molecule has 0 bridgehead atoms. The SMILES string of the molecule is CCOP1(=O)O[C@H](c2ccccc2)C(C)(C)C=C1[Si](C)(C)C. The molecule has 1 aliphatic rings. The van der Waals surface area contributed by atoms with Gasteiger partial charge in [-0.3, -0.25) is 9.09 Å². The molecule has 0 fully saturated rings. The lowest BCUT2D eigenvalue weighted by molar-refractivity contribution is 0.0762. The molecule has 1 unspecified atom stereocenters. The van der Waals surface area contributed by atoms with E-state index in [-0.39, 0.29) is 11.5 Å². The van der Waals surface area contributed by atoms with Gasteiger partial charge in [0, 0.05) is 10.4 Å². The van der Waals surface area contributed by atoms with Gasteiger partial charge in [0.15, 0.2) is 0 Å². The molecule has 1 aromatic carbocycles. The van der Waals surface area contributed by atoms with Crippen molar-refractivity contribution in [3.05, 3.63) is 46.9 Å². The number of rotatable bonds is 4. The summed E-state index contributed by atoms with van der Waals surface area (Å²) >= 11 is 0. The number of hydrogen-bond donors (Lipinski definition) is 0. The highest BCUT2D eigenvalue weighted by atomic mass is 31.2. The molecule has 1 heterocycles. The summed E-state index contributed by atoms with van der Waals surface area (Å²) in [6.45, 7) is 13.1. The Balaban J connectivity index is 2.55. The standard InChI is InChI=1S/C17H27O3PSi/c1-7-19-21(18)15(22(4,5)6)13-17(2,3)16(20-21)14-11-9-8-10-12-14/h8-13,16H,7H2,1-6H3/t16-,21?/m1/s1. The maximum absolute atomic E-state index is 13.4. The van der Waals surface area contributed by atoms with Gasteiger partial charge in [-0.1, -0.05) is 69.9 Å². The third kappa shape index (κ3) is 3.46. The van der Waals surface area contributed by atoms with Gasteiger partial charge in [-0.05, 0) is 12.5 Å². The number of hydrogen-bond acceptors (Lipinski definition) is 3. The van der Waals surface area contributed by atoms with Crippen LogP contribution in [0, 0.1) is 5.41 Å². The molecule has 122 valence electrons. The van der Waals surface area contributed by atoms with E-state index in [9.17, 15) is 4.57 Å². The van der Waals surface area contributed by atoms with Crippen LogP contribution in [0.3, 0.4) is 0 Å². The summed E-state index contributed by atoms with van der Waals surface area (Å²) in [5.41, 5.74) is 0.820. The Hall–Kier alpha value is -0.673. The second kappa shape index (κ2) is 6.08. The molecule has 3 nitrogen and oxygen atoms in total. The molecule has 0 saturated carbocycles. The summed E-state index contributed by atoms with van der Waals surface area (Å²) in [5, 5.41) is 0. The van der Waals surface area contributed by atoms with Crippen LogP contribution in [0.15, 0.2) is 41.3 Å². The molecule has 0 aliphatic carbocycles. The van der Waals surface area contributed by atoms with Crippen LogP contribution in [-0.4, -0.2) is 14.7 Å². The minimum atomic E-state index is -3.22. The van der Waals surface area contributed by atoms with Gasteiger partial charge >= 0.3 is 7.60 Å². The van der Waals surface area contributed by atoms with Crippen LogP contribution in [0.1, 0.15) is 32.4 Å². The third-order valence-electron chi connectivity index (χ3n) is 3.89. The van der Waals surface area contributed by atoms with Crippen molar-refractivity contribution < 1.29 is 13.6 Å². The Morgan fingerprint density at radius 1 is 1.23 bits per heavy atom. The van der Waals surface area contributed by atoms with Gasteiger partial charge in [-0.2, -0.15) is 0 Å². The zero-order valence-electron chi connectivity index (χ0n) is 14.4. The molecule has 0 spiro atoms. The maximum atomic E-state index is 13.4. The minimum Gasteiger partial charge on any atom is -0.306 e. The monoisotopic (exact) mass is 338 g/mol. The fourth-order valence-corrected chi connectivity index (χ4v) is 9.11. The molecule has 1 aliphatic heterocycles. The van der Waals surface area contributed by atoms with Gasteiger partial charge in [-0.15, -0.1) is 0 Å². The van der Waals surface area contributed by atoms with E-state index >= 15 is 0 Å². The Morgan fingerprint density at radius 2 is 1.82 bits per heavy atom. The van der Waals surface area contributed by atoms with Crippen molar-refractivity contribution in [2.24, 2.45) is 5.41 Å². The van der Waals surface area contributed by atoms with Gasteiger partial charge in [0.05, 0.1) is 14.7 Å². The smallest absolute Gasteiger partial charge is 0.306 e. The molecule has 0 N–H and O–H groups in total. The van der Waals surface area contributed by atoms with Crippen LogP contribution in [-0.2, 0) is 13.6 Å². The fraction of sp³-hybridized carbons (Fsp3) is 0.529. The first-order valence-corrected chi connectivity index (χ1v) is 12.9. The summed E-state index contributed by atoms with van der Waals surface area (Å²) in [5.74, 6) is 0. The Labute approximate surface area is 135 Å². The van der Waals surface area contributed by atoms with E-state index in [2.05, 4.69) is 39.6 Å². The van der Waals surface area contributed by atoms with Crippen molar-refractivity contribution in [1.82, 2.24) is 0 Å². The zero-order chi connectivity index (χ0) is 16.6. The van der Waals surface area contributed by atoms with Crippen LogP contribution in [0.25, 0.3) is 0 Å². The summed E-state index contributed by atoms with van der Waals surface area (Å²) in [6, 6.07) is 9.99. The van der Waals surface area contributed by atoms with E-state index in [1.54, 1.807) is 0 Å². The zero-order valence-corrected chi connectivity index (χ0v) is 16.3. The molecule has 2 rings (SSSR count). The summed E-state index contributed by atoms with van der Waals surface area (Å²) in [4.78, 5) is 0.916. The molecular formula is C17H27O3PSi. The fourth-order valence-electron chi connectivity index (χ4n) is 2.85. The highest BCUT2D eigenvalue weighted by Gasteiger charge is 2.49. The largest absolute Gasteiger partial charge is 0.353 e. The van der Waals surface area contributed by atoms with Crippen LogP contribution < -0.4 is 0 Å². The maximum Gasteiger partial charge on any atom is 0.353 e. The predicted octanol–water partition coefficient (Wildman–Crippen LogP) is 5.78. The lowest BCUT2D eigenvalue weighted by atomic mass is 9.83. The van der Waals surface area contributed by atoms with Gasteiger partial charge in [-0.25, -0.2) is 0 Å². The Morgan fingerprint density at radius 3 is 2.32 bits per heavy atom. The van der Waals surface area contributed by atoms with Crippen molar-refractivity contribution in [2.45, 2.75) is 46.5 Å². The molecule has 0 aromatic heterocycles. The number of benzene rings is 1. The van der Waals surface area contributed by atoms with Gasteiger partial charge in [0.25, 0.3) is 0 Å².